The minimum absolute atomic E-state index is 0.0658. The predicted molar refractivity (Wildman–Crippen MR) is 74.1 cm³/mol. The topological polar surface area (TPSA) is 41.6 Å². The first kappa shape index (κ1) is 12.2. The highest BCUT2D eigenvalue weighted by Crippen LogP contribution is 2.33. The number of para-hydroxylation sites is 1. The summed E-state index contributed by atoms with van der Waals surface area (Å²) in [6.07, 6.45) is 2.81. The number of fused-ring (bicyclic) bond motifs is 2. The van der Waals surface area contributed by atoms with Crippen LogP contribution in [-0.4, -0.2) is 36.7 Å². The number of benzene rings is 1. The van der Waals surface area contributed by atoms with Gasteiger partial charge in [-0.3, -0.25) is 4.79 Å². The Morgan fingerprint density at radius 1 is 1.42 bits per heavy atom. The Morgan fingerprint density at radius 2 is 2.21 bits per heavy atom. The molecule has 2 aliphatic heterocycles. The molecule has 4 nitrogen and oxygen atoms in total. The summed E-state index contributed by atoms with van der Waals surface area (Å²) < 4.78 is 5.55. The average molecular weight is 258 g/mol. The van der Waals surface area contributed by atoms with Gasteiger partial charge in [0.05, 0.1) is 11.6 Å². The predicted octanol–water partition coefficient (Wildman–Crippen LogP) is 2.25. The standard InChI is InChI=1S/C15H18N2O2/c1-3-10-8-13-14(19-2)16-12-7-5-4-6-11(12)15(18)17(13)9-10/h3-7,13-14,16H,8-9H2,1-2H3/t13-,14-/m0/s1. The van der Waals surface area contributed by atoms with Gasteiger partial charge in [-0.1, -0.05) is 23.8 Å². The Bertz CT molecular complexity index is 539. The van der Waals surface area contributed by atoms with Crippen LogP contribution in [0, 0.1) is 0 Å². The van der Waals surface area contributed by atoms with E-state index in [9.17, 15) is 4.79 Å². The quantitative estimate of drug-likeness (QED) is 0.785. The van der Waals surface area contributed by atoms with Crippen molar-refractivity contribution in [2.75, 3.05) is 19.0 Å². The van der Waals surface area contributed by atoms with Crippen LogP contribution in [0.1, 0.15) is 23.7 Å². The summed E-state index contributed by atoms with van der Waals surface area (Å²) in [6, 6.07) is 7.69. The molecule has 1 aromatic carbocycles. The van der Waals surface area contributed by atoms with E-state index in [1.807, 2.05) is 36.1 Å². The molecule has 1 N–H and O–H groups in total. The van der Waals surface area contributed by atoms with E-state index in [0.717, 1.165) is 17.7 Å². The van der Waals surface area contributed by atoms with Crippen molar-refractivity contribution in [3.8, 4) is 0 Å². The summed E-state index contributed by atoms with van der Waals surface area (Å²) in [5.74, 6) is 0.0875. The van der Waals surface area contributed by atoms with Crippen molar-refractivity contribution in [1.82, 2.24) is 4.90 Å². The van der Waals surface area contributed by atoms with E-state index in [2.05, 4.69) is 11.4 Å². The van der Waals surface area contributed by atoms with Crippen LogP contribution < -0.4 is 5.32 Å². The molecule has 0 saturated carbocycles. The molecule has 2 aliphatic rings. The summed E-state index contributed by atoms with van der Waals surface area (Å²) in [6.45, 7) is 2.73. The van der Waals surface area contributed by atoms with E-state index in [1.54, 1.807) is 7.11 Å². The number of anilines is 1. The Morgan fingerprint density at radius 3 is 2.95 bits per heavy atom. The van der Waals surface area contributed by atoms with E-state index in [0.29, 0.717) is 6.54 Å². The van der Waals surface area contributed by atoms with E-state index >= 15 is 0 Å². The lowest BCUT2D eigenvalue weighted by molar-refractivity contribution is 0.0420. The molecule has 4 heteroatoms. The van der Waals surface area contributed by atoms with Gasteiger partial charge in [0.15, 0.2) is 0 Å². The number of methoxy groups -OCH3 is 1. The molecule has 0 unspecified atom stereocenters. The van der Waals surface area contributed by atoms with Gasteiger partial charge in [0.2, 0.25) is 0 Å². The van der Waals surface area contributed by atoms with Gasteiger partial charge in [-0.15, -0.1) is 0 Å². The molecule has 3 rings (SSSR count). The second kappa shape index (κ2) is 4.70. The fraction of sp³-hybridized carbons (Fsp3) is 0.400. The number of allylic oxidation sites excluding steroid dienone is 1. The SMILES string of the molecule is CC=C1C[C@H]2[C@H](OC)Nc3ccccc3C(=O)N2C1. The van der Waals surface area contributed by atoms with Crippen LogP contribution in [0.15, 0.2) is 35.9 Å². The van der Waals surface area contributed by atoms with Gasteiger partial charge in [-0.2, -0.15) is 0 Å². The first-order chi connectivity index (χ1) is 9.24. The highest BCUT2D eigenvalue weighted by atomic mass is 16.5. The summed E-state index contributed by atoms with van der Waals surface area (Å²) in [4.78, 5) is 14.6. The van der Waals surface area contributed by atoms with E-state index in [4.69, 9.17) is 4.74 Å². The minimum atomic E-state index is -0.162. The maximum absolute atomic E-state index is 12.6. The van der Waals surface area contributed by atoms with Gasteiger partial charge in [0, 0.05) is 19.3 Å². The molecule has 2 atom stereocenters. The van der Waals surface area contributed by atoms with E-state index in [1.165, 1.54) is 5.57 Å². The van der Waals surface area contributed by atoms with Crippen molar-refractivity contribution in [3.63, 3.8) is 0 Å². The fourth-order valence-corrected chi connectivity index (χ4v) is 2.90. The zero-order valence-corrected chi connectivity index (χ0v) is 11.2. The van der Waals surface area contributed by atoms with Crippen molar-refractivity contribution < 1.29 is 9.53 Å². The highest BCUT2D eigenvalue weighted by Gasteiger charge is 2.40. The van der Waals surface area contributed by atoms with Gasteiger partial charge < -0.3 is 15.0 Å². The smallest absolute Gasteiger partial charge is 0.256 e. The third kappa shape index (κ3) is 1.92. The molecule has 1 amide bonds. The van der Waals surface area contributed by atoms with Gasteiger partial charge in [0.25, 0.3) is 5.91 Å². The number of hydrogen-bond donors (Lipinski definition) is 1. The Labute approximate surface area is 113 Å². The Kier molecular flexibility index (Phi) is 3.03. The molecule has 1 aromatic rings. The number of carbonyl (C=O) groups is 1. The first-order valence-corrected chi connectivity index (χ1v) is 6.58. The van der Waals surface area contributed by atoms with Crippen molar-refractivity contribution in [1.29, 1.82) is 0 Å². The van der Waals surface area contributed by atoms with Crippen LogP contribution in [0.3, 0.4) is 0 Å². The van der Waals surface area contributed by atoms with Crippen molar-refractivity contribution in [2.24, 2.45) is 0 Å². The number of nitrogens with zero attached hydrogens (tertiary/aromatic N) is 1. The number of rotatable bonds is 1. The Hall–Kier alpha value is -1.81. The molecule has 100 valence electrons. The number of nitrogens with one attached hydrogen (secondary N) is 1. The third-order valence-corrected chi connectivity index (χ3v) is 3.97. The molecule has 1 fully saturated rings. The number of carbonyl (C=O) groups excluding carboxylic acids is 1. The van der Waals surface area contributed by atoms with Crippen molar-refractivity contribution in [3.05, 3.63) is 41.5 Å². The summed E-state index contributed by atoms with van der Waals surface area (Å²) >= 11 is 0. The van der Waals surface area contributed by atoms with Crippen LogP contribution in [-0.2, 0) is 4.74 Å². The van der Waals surface area contributed by atoms with Gasteiger partial charge >= 0.3 is 0 Å². The van der Waals surface area contributed by atoms with Crippen molar-refractivity contribution in [2.45, 2.75) is 25.6 Å². The van der Waals surface area contributed by atoms with Crippen LogP contribution in [0.4, 0.5) is 5.69 Å². The molecule has 0 bridgehead atoms. The lowest BCUT2D eigenvalue weighted by Crippen LogP contribution is -2.44. The van der Waals surface area contributed by atoms with Crippen LogP contribution in [0.2, 0.25) is 0 Å². The van der Waals surface area contributed by atoms with E-state index in [-0.39, 0.29) is 18.2 Å². The molecular weight excluding hydrogens is 240 g/mol. The summed E-state index contributed by atoms with van der Waals surface area (Å²) in [7, 11) is 1.68. The lowest BCUT2D eigenvalue weighted by atomic mass is 10.1. The van der Waals surface area contributed by atoms with Crippen LogP contribution >= 0.6 is 0 Å². The van der Waals surface area contributed by atoms with Crippen LogP contribution in [0.25, 0.3) is 0 Å². The van der Waals surface area contributed by atoms with Gasteiger partial charge in [-0.05, 0) is 25.5 Å². The van der Waals surface area contributed by atoms with Gasteiger partial charge in [0.1, 0.15) is 6.23 Å². The fourth-order valence-electron chi connectivity index (χ4n) is 2.90. The van der Waals surface area contributed by atoms with Crippen molar-refractivity contribution >= 4 is 11.6 Å². The third-order valence-electron chi connectivity index (χ3n) is 3.97. The minimum Gasteiger partial charge on any atom is -0.360 e. The second-order valence-corrected chi connectivity index (χ2v) is 5.00. The number of ether oxygens (including phenoxy) is 1. The monoisotopic (exact) mass is 258 g/mol. The molecule has 0 aromatic heterocycles. The molecule has 0 aliphatic carbocycles. The number of amides is 1. The normalized spacial score (nSPS) is 27.8. The largest absolute Gasteiger partial charge is 0.360 e. The van der Waals surface area contributed by atoms with Crippen LogP contribution in [0.5, 0.6) is 0 Å². The summed E-state index contributed by atoms with van der Waals surface area (Å²) in [5, 5.41) is 3.34. The molecule has 19 heavy (non-hydrogen) atoms. The molecule has 0 radical (unpaired) electrons. The summed E-state index contributed by atoms with van der Waals surface area (Å²) in [5.41, 5.74) is 2.88. The maximum atomic E-state index is 12.6. The lowest BCUT2D eigenvalue weighted by Gasteiger charge is -2.27. The van der Waals surface area contributed by atoms with E-state index < -0.39 is 0 Å². The Balaban J connectivity index is 2.05. The molecule has 1 saturated heterocycles. The maximum Gasteiger partial charge on any atom is 0.256 e. The molecular formula is C15H18N2O2. The zero-order chi connectivity index (χ0) is 13.4. The highest BCUT2D eigenvalue weighted by molar-refractivity contribution is 6.01. The molecule has 0 spiro atoms. The average Bonchev–Trinajstić information content (AvgIpc) is 2.84. The number of hydrogen-bond acceptors (Lipinski definition) is 3. The molecule has 2 heterocycles. The first-order valence-electron chi connectivity index (χ1n) is 6.58. The zero-order valence-electron chi connectivity index (χ0n) is 11.2. The van der Waals surface area contributed by atoms with Gasteiger partial charge in [-0.25, -0.2) is 0 Å². The second-order valence-electron chi connectivity index (χ2n) is 5.00.